The van der Waals surface area contributed by atoms with Crippen LogP contribution >= 0.6 is 0 Å². The van der Waals surface area contributed by atoms with Gasteiger partial charge in [0.1, 0.15) is 0 Å². The average molecular weight is 227 g/mol. The topological polar surface area (TPSA) is 32.3 Å². The van der Waals surface area contributed by atoms with Gasteiger partial charge in [-0.3, -0.25) is 0 Å². The number of hydrogen-bond donors (Lipinski definition) is 2. The van der Waals surface area contributed by atoms with Crippen LogP contribution < -0.4 is 5.32 Å². The highest BCUT2D eigenvalue weighted by molar-refractivity contribution is 5.87. The van der Waals surface area contributed by atoms with E-state index in [2.05, 4.69) is 36.5 Å². The minimum atomic E-state index is -0.394. The molecule has 0 saturated heterocycles. The molecule has 2 unspecified atom stereocenters. The number of benzene rings is 2. The Hall–Kier alpha value is -1.38. The Balaban J connectivity index is 2.24. The molecule has 0 saturated carbocycles. The van der Waals surface area contributed by atoms with Crippen LogP contribution in [0.15, 0.2) is 36.4 Å². The SMILES string of the molecule is CCC1NCc2ccc3ccccc3c2C1O. The van der Waals surface area contributed by atoms with Crippen LogP contribution in [-0.2, 0) is 6.54 Å². The molecule has 2 N–H and O–H groups in total. The van der Waals surface area contributed by atoms with Gasteiger partial charge >= 0.3 is 0 Å². The highest BCUT2D eigenvalue weighted by Crippen LogP contribution is 2.33. The zero-order valence-corrected chi connectivity index (χ0v) is 9.98. The van der Waals surface area contributed by atoms with Crippen LogP contribution in [0.4, 0.5) is 0 Å². The van der Waals surface area contributed by atoms with Gasteiger partial charge in [0, 0.05) is 12.6 Å². The first kappa shape index (κ1) is 10.8. The lowest BCUT2D eigenvalue weighted by Gasteiger charge is -2.31. The molecular weight excluding hydrogens is 210 g/mol. The van der Waals surface area contributed by atoms with Crippen LogP contribution in [0.2, 0.25) is 0 Å². The Kier molecular flexibility index (Phi) is 2.61. The van der Waals surface area contributed by atoms with Crippen LogP contribution in [-0.4, -0.2) is 11.1 Å². The molecule has 2 aromatic rings. The van der Waals surface area contributed by atoms with Gasteiger partial charge in [-0.25, -0.2) is 0 Å². The van der Waals surface area contributed by atoms with Crippen LogP contribution in [0.5, 0.6) is 0 Å². The number of aliphatic hydroxyl groups excluding tert-OH is 1. The molecule has 1 aliphatic heterocycles. The molecule has 0 amide bonds. The molecule has 1 aliphatic rings. The van der Waals surface area contributed by atoms with E-state index in [1.807, 2.05) is 12.1 Å². The highest BCUT2D eigenvalue weighted by atomic mass is 16.3. The molecule has 0 bridgehead atoms. The second-order valence-electron chi connectivity index (χ2n) is 4.70. The summed E-state index contributed by atoms with van der Waals surface area (Å²) < 4.78 is 0. The molecule has 0 spiro atoms. The van der Waals surface area contributed by atoms with Gasteiger partial charge in [0.15, 0.2) is 0 Å². The maximum atomic E-state index is 10.5. The zero-order chi connectivity index (χ0) is 11.8. The largest absolute Gasteiger partial charge is 0.387 e. The number of fused-ring (bicyclic) bond motifs is 3. The van der Waals surface area contributed by atoms with Crippen molar-refractivity contribution in [2.45, 2.75) is 32.0 Å². The fourth-order valence-electron chi connectivity index (χ4n) is 2.77. The molecule has 88 valence electrons. The van der Waals surface area contributed by atoms with E-state index in [0.29, 0.717) is 0 Å². The minimum absolute atomic E-state index is 0.174. The molecular formula is C15H17NO. The van der Waals surface area contributed by atoms with Crippen LogP contribution in [0.1, 0.15) is 30.6 Å². The van der Waals surface area contributed by atoms with Gasteiger partial charge in [-0.05, 0) is 28.3 Å². The first-order valence-electron chi connectivity index (χ1n) is 6.23. The number of nitrogens with one attached hydrogen (secondary N) is 1. The van der Waals surface area contributed by atoms with Gasteiger partial charge in [-0.1, -0.05) is 43.3 Å². The van der Waals surface area contributed by atoms with Crippen molar-refractivity contribution in [1.29, 1.82) is 0 Å². The molecule has 2 atom stereocenters. The summed E-state index contributed by atoms with van der Waals surface area (Å²) in [7, 11) is 0. The third kappa shape index (κ3) is 1.65. The third-order valence-electron chi connectivity index (χ3n) is 3.73. The summed E-state index contributed by atoms with van der Waals surface area (Å²) >= 11 is 0. The summed E-state index contributed by atoms with van der Waals surface area (Å²) in [6.07, 6.45) is 0.555. The summed E-state index contributed by atoms with van der Waals surface area (Å²) in [5.41, 5.74) is 2.34. The quantitative estimate of drug-likeness (QED) is 0.785. The normalized spacial score (nSPS) is 23.6. The van der Waals surface area contributed by atoms with E-state index in [1.165, 1.54) is 16.3 Å². The van der Waals surface area contributed by atoms with Gasteiger partial charge in [0.05, 0.1) is 6.10 Å². The van der Waals surface area contributed by atoms with Gasteiger partial charge in [-0.2, -0.15) is 0 Å². The van der Waals surface area contributed by atoms with E-state index in [0.717, 1.165) is 18.5 Å². The lowest BCUT2D eigenvalue weighted by molar-refractivity contribution is 0.116. The van der Waals surface area contributed by atoms with Crippen molar-refractivity contribution in [2.75, 3.05) is 0 Å². The molecule has 2 heteroatoms. The summed E-state index contributed by atoms with van der Waals surface area (Å²) in [6.45, 7) is 2.97. The molecule has 0 aromatic heterocycles. The standard InChI is InChI=1S/C15H17NO/c1-2-13-15(17)14-11(9-16-13)8-7-10-5-3-4-6-12(10)14/h3-8,13,15-17H,2,9H2,1H3. The van der Waals surface area contributed by atoms with Crippen LogP contribution in [0, 0.1) is 0 Å². The van der Waals surface area contributed by atoms with Crippen molar-refractivity contribution in [3.63, 3.8) is 0 Å². The summed E-state index contributed by atoms with van der Waals surface area (Å²) in [5, 5.41) is 16.2. The molecule has 2 aromatic carbocycles. The minimum Gasteiger partial charge on any atom is -0.387 e. The third-order valence-corrected chi connectivity index (χ3v) is 3.73. The van der Waals surface area contributed by atoms with Crippen molar-refractivity contribution in [3.05, 3.63) is 47.5 Å². The molecule has 17 heavy (non-hydrogen) atoms. The monoisotopic (exact) mass is 227 g/mol. The number of hydrogen-bond acceptors (Lipinski definition) is 2. The molecule has 0 radical (unpaired) electrons. The summed E-state index contributed by atoms with van der Waals surface area (Å²) in [6, 6.07) is 12.7. The van der Waals surface area contributed by atoms with Gasteiger partial charge < -0.3 is 10.4 Å². The molecule has 2 nitrogen and oxygen atoms in total. The van der Waals surface area contributed by atoms with E-state index < -0.39 is 6.10 Å². The first-order chi connectivity index (χ1) is 8.31. The lowest BCUT2D eigenvalue weighted by Crippen LogP contribution is -2.38. The second kappa shape index (κ2) is 4.13. The van der Waals surface area contributed by atoms with Gasteiger partial charge in [0.25, 0.3) is 0 Å². The van der Waals surface area contributed by atoms with E-state index in [9.17, 15) is 5.11 Å². The van der Waals surface area contributed by atoms with Crippen LogP contribution in [0.3, 0.4) is 0 Å². The van der Waals surface area contributed by atoms with E-state index in [4.69, 9.17) is 0 Å². The lowest BCUT2D eigenvalue weighted by atomic mass is 9.87. The maximum absolute atomic E-state index is 10.5. The Morgan fingerprint density at radius 2 is 2.06 bits per heavy atom. The van der Waals surface area contributed by atoms with Gasteiger partial charge in [0.2, 0.25) is 0 Å². The summed E-state index contributed by atoms with van der Waals surface area (Å²) in [5.74, 6) is 0. The zero-order valence-electron chi connectivity index (χ0n) is 9.98. The van der Waals surface area contributed by atoms with Crippen molar-refractivity contribution in [2.24, 2.45) is 0 Å². The Morgan fingerprint density at radius 3 is 2.88 bits per heavy atom. The first-order valence-corrected chi connectivity index (χ1v) is 6.23. The average Bonchev–Trinajstić information content (AvgIpc) is 2.38. The predicted octanol–water partition coefficient (Wildman–Crippen LogP) is 2.76. The molecule has 3 rings (SSSR count). The van der Waals surface area contributed by atoms with E-state index >= 15 is 0 Å². The molecule has 0 aliphatic carbocycles. The smallest absolute Gasteiger partial charge is 0.0952 e. The second-order valence-corrected chi connectivity index (χ2v) is 4.70. The molecule has 0 fully saturated rings. The summed E-state index contributed by atoms with van der Waals surface area (Å²) in [4.78, 5) is 0. The maximum Gasteiger partial charge on any atom is 0.0952 e. The number of rotatable bonds is 1. The Morgan fingerprint density at radius 1 is 1.24 bits per heavy atom. The van der Waals surface area contributed by atoms with Gasteiger partial charge in [-0.15, -0.1) is 0 Å². The van der Waals surface area contributed by atoms with E-state index in [1.54, 1.807) is 0 Å². The number of aliphatic hydroxyl groups is 1. The van der Waals surface area contributed by atoms with E-state index in [-0.39, 0.29) is 6.04 Å². The Bertz CT molecular complexity index is 550. The fourth-order valence-corrected chi connectivity index (χ4v) is 2.77. The van der Waals surface area contributed by atoms with Crippen LogP contribution in [0.25, 0.3) is 10.8 Å². The fraction of sp³-hybridized carbons (Fsp3) is 0.333. The van der Waals surface area contributed by atoms with Crippen molar-refractivity contribution < 1.29 is 5.11 Å². The van der Waals surface area contributed by atoms with Crippen molar-refractivity contribution in [1.82, 2.24) is 5.32 Å². The molecule has 1 heterocycles. The highest BCUT2D eigenvalue weighted by Gasteiger charge is 2.27. The van der Waals surface area contributed by atoms with Crippen molar-refractivity contribution in [3.8, 4) is 0 Å². The Labute approximate surface area is 101 Å². The predicted molar refractivity (Wildman–Crippen MR) is 69.8 cm³/mol. The van der Waals surface area contributed by atoms with Crippen molar-refractivity contribution >= 4 is 10.8 Å².